The first-order valence-corrected chi connectivity index (χ1v) is 11.4. The van der Waals surface area contributed by atoms with Gasteiger partial charge in [-0.25, -0.2) is 0 Å². The SMILES string of the molecule is CCOc1ccc(OCc2ccc(C(=O)NNC(=S)NCCc3ccc(OC)cc3)cc2)cc1. The predicted molar refractivity (Wildman–Crippen MR) is 136 cm³/mol. The van der Waals surface area contributed by atoms with Gasteiger partial charge in [-0.1, -0.05) is 24.3 Å². The molecule has 178 valence electrons. The van der Waals surface area contributed by atoms with Gasteiger partial charge in [-0.2, -0.15) is 0 Å². The van der Waals surface area contributed by atoms with Crippen LogP contribution >= 0.6 is 12.2 Å². The maximum absolute atomic E-state index is 12.4. The molecule has 0 aliphatic carbocycles. The molecule has 0 radical (unpaired) electrons. The summed E-state index contributed by atoms with van der Waals surface area (Å²) in [6, 6.07) is 22.5. The number of benzene rings is 3. The van der Waals surface area contributed by atoms with Gasteiger partial charge in [0.05, 0.1) is 13.7 Å². The molecule has 0 fully saturated rings. The van der Waals surface area contributed by atoms with Crippen molar-refractivity contribution in [2.24, 2.45) is 0 Å². The Bertz CT molecular complexity index is 1050. The maximum Gasteiger partial charge on any atom is 0.269 e. The van der Waals surface area contributed by atoms with Gasteiger partial charge in [-0.15, -0.1) is 0 Å². The lowest BCUT2D eigenvalue weighted by molar-refractivity contribution is 0.0943. The summed E-state index contributed by atoms with van der Waals surface area (Å²) in [5, 5.41) is 3.42. The zero-order chi connectivity index (χ0) is 24.2. The largest absolute Gasteiger partial charge is 0.497 e. The Morgan fingerprint density at radius 2 is 1.38 bits per heavy atom. The molecule has 34 heavy (non-hydrogen) atoms. The molecular formula is C26H29N3O4S. The average molecular weight is 480 g/mol. The highest BCUT2D eigenvalue weighted by molar-refractivity contribution is 7.80. The molecule has 0 aliphatic heterocycles. The molecule has 1 amide bonds. The highest BCUT2D eigenvalue weighted by Gasteiger charge is 2.06. The first-order chi connectivity index (χ1) is 16.6. The van der Waals surface area contributed by atoms with E-state index in [1.807, 2.05) is 67.6 Å². The van der Waals surface area contributed by atoms with Gasteiger partial charge in [0.15, 0.2) is 5.11 Å². The third kappa shape index (κ3) is 7.97. The Balaban J connectivity index is 1.36. The van der Waals surface area contributed by atoms with Crippen LogP contribution in [0.4, 0.5) is 0 Å². The standard InChI is InChI=1S/C26H29N3O4S/c1-3-32-23-12-14-24(15-13-23)33-18-20-4-8-21(9-5-20)25(30)28-29-26(34)27-17-16-19-6-10-22(31-2)11-7-19/h4-15H,3,16-18H2,1-2H3,(H,28,30)(H2,27,29,34). The van der Waals surface area contributed by atoms with Gasteiger partial charge in [0.25, 0.3) is 5.91 Å². The Morgan fingerprint density at radius 1 is 0.794 bits per heavy atom. The van der Waals surface area contributed by atoms with Crippen molar-refractivity contribution in [2.75, 3.05) is 20.3 Å². The van der Waals surface area contributed by atoms with E-state index in [0.29, 0.717) is 30.4 Å². The summed E-state index contributed by atoms with van der Waals surface area (Å²) < 4.78 is 16.4. The minimum atomic E-state index is -0.279. The molecule has 0 atom stereocenters. The second-order valence-corrected chi connectivity index (χ2v) is 7.73. The Hall–Kier alpha value is -3.78. The Morgan fingerprint density at radius 3 is 2.00 bits per heavy atom. The number of carbonyl (C=O) groups is 1. The van der Waals surface area contributed by atoms with E-state index in [4.69, 9.17) is 26.4 Å². The molecule has 3 aromatic rings. The average Bonchev–Trinajstić information content (AvgIpc) is 2.88. The number of thiocarbonyl (C=S) groups is 1. The lowest BCUT2D eigenvalue weighted by atomic mass is 10.1. The summed E-state index contributed by atoms with van der Waals surface area (Å²) in [5.74, 6) is 2.11. The molecule has 7 nitrogen and oxygen atoms in total. The first kappa shape index (κ1) is 24.9. The Labute approximate surface area is 205 Å². The normalized spacial score (nSPS) is 10.2. The quantitative estimate of drug-likeness (QED) is 0.299. The van der Waals surface area contributed by atoms with Gasteiger partial charge in [-0.3, -0.25) is 15.6 Å². The van der Waals surface area contributed by atoms with Crippen LogP contribution in [0.15, 0.2) is 72.8 Å². The molecule has 3 aromatic carbocycles. The van der Waals surface area contributed by atoms with Crippen LogP contribution in [0, 0.1) is 0 Å². The molecule has 0 aliphatic rings. The Kier molecular flexibility index (Phi) is 9.54. The van der Waals surface area contributed by atoms with E-state index >= 15 is 0 Å². The zero-order valence-corrected chi connectivity index (χ0v) is 20.1. The van der Waals surface area contributed by atoms with Crippen molar-refractivity contribution >= 4 is 23.2 Å². The summed E-state index contributed by atoms with van der Waals surface area (Å²) in [4.78, 5) is 12.4. The second kappa shape index (κ2) is 13.1. The van der Waals surface area contributed by atoms with Crippen molar-refractivity contribution in [3.05, 3.63) is 89.5 Å². The van der Waals surface area contributed by atoms with Crippen molar-refractivity contribution in [2.45, 2.75) is 20.0 Å². The number of ether oxygens (including phenoxy) is 3. The fourth-order valence-electron chi connectivity index (χ4n) is 3.06. The smallest absolute Gasteiger partial charge is 0.269 e. The molecule has 0 saturated heterocycles. The molecule has 3 rings (SSSR count). The molecular weight excluding hydrogens is 450 g/mol. The summed E-state index contributed by atoms with van der Waals surface area (Å²) in [6.07, 6.45) is 0.792. The van der Waals surface area contributed by atoms with Crippen LogP contribution in [-0.4, -0.2) is 31.3 Å². The van der Waals surface area contributed by atoms with Gasteiger partial charge in [0.2, 0.25) is 0 Å². The van der Waals surface area contributed by atoms with Crippen molar-refractivity contribution in [1.29, 1.82) is 0 Å². The van der Waals surface area contributed by atoms with Crippen molar-refractivity contribution < 1.29 is 19.0 Å². The molecule has 0 spiro atoms. The van der Waals surface area contributed by atoms with E-state index in [1.54, 1.807) is 19.2 Å². The van der Waals surface area contributed by atoms with E-state index < -0.39 is 0 Å². The predicted octanol–water partition coefficient (Wildman–Crippen LogP) is 4.02. The number of rotatable bonds is 10. The fraction of sp³-hybridized carbons (Fsp3) is 0.231. The minimum absolute atomic E-state index is 0.279. The van der Waals surface area contributed by atoms with E-state index in [-0.39, 0.29) is 5.91 Å². The topological polar surface area (TPSA) is 80.9 Å². The first-order valence-electron chi connectivity index (χ1n) is 11.0. The lowest BCUT2D eigenvalue weighted by Crippen LogP contribution is -2.47. The van der Waals surface area contributed by atoms with Gasteiger partial charge < -0.3 is 19.5 Å². The minimum Gasteiger partial charge on any atom is -0.497 e. The van der Waals surface area contributed by atoms with Crippen LogP contribution in [0.1, 0.15) is 28.4 Å². The second-order valence-electron chi connectivity index (χ2n) is 7.32. The van der Waals surface area contributed by atoms with Crippen molar-refractivity contribution in [1.82, 2.24) is 16.2 Å². The molecule has 0 saturated carbocycles. The molecule has 8 heteroatoms. The molecule has 0 bridgehead atoms. The number of hydrogen-bond donors (Lipinski definition) is 3. The van der Waals surface area contributed by atoms with Gasteiger partial charge in [0.1, 0.15) is 23.9 Å². The molecule has 0 heterocycles. The third-order valence-electron chi connectivity index (χ3n) is 4.90. The van der Waals surface area contributed by atoms with Gasteiger partial charge in [0, 0.05) is 12.1 Å². The zero-order valence-electron chi connectivity index (χ0n) is 19.3. The van der Waals surface area contributed by atoms with Gasteiger partial charge in [-0.05, 0) is 85.2 Å². The van der Waals surface area contributed by atoms with Crippen molar-refractivity contribution in [3.63, 3.8) is 0 Å². The third-order valence-corrected chi connectivity index (χ3v) is 5.15. The van der Waals surface area contributed by atoms with Crippen LogP contribution in [0.25, 0.3) is 0 Å². The fourth-order valence-corrected chi connectivity index (χ4v) is 3.21. The maximum atomic E-state index is 12.4. The van der Waals surface area contributed by atoms with Crippen LogP contribution in [0.5, 0.6) is 17.2 Å². The summed E-state index contributed by atoms with van der Waals surface area (Å²) in [6.45, 7) is 3.61. The lowest BCUT2D eigenvalue weighted by Gasteiger charge is -2.12. The summed E-state index contributed by atoms with van der Waals surface area (Å²) >= 11 is 5.22. The molecule has 3 N–H and O–H groups in total. The van der Waals surface area contributed by atoms with Gasteiger partial charge >= 0.3 is 0 Å². The van der Waals surface area contributed by atoms with Crippen molar-refractivity contribution in [3.8, 4) is 17.2 Å². The number of amides is 1. The number of methoxy groups -OCH3 is 1. The van der Waals surface area contributed by atoms with E-state index in [1.165, 1.54) is 0 Å². The van der Waals surface area contributed by atoms with Crippen LogP contribution in [0.2, 0.25) is 0 Å². The highest BCUT2D eigenvalue weighted by atomic mass is 32.1. The van der Waals surface area contributed by atoms with Crippen LogP contribution < -0.4 is 30.4 Å². The molecule has 0 unspecified atom stereocenters. The number of hydrogen-bond acceptors (Lipinski definition) is 5. The highest BCUT2D eigenvalue weighted by Crippen LogP contribution is 2.19. The number of hydrazine groups is 1. The molecule has 0 aromatic heterocycles. The number of carbonyl (C=O) groups excluding carboxylic acids is 1. The van der Waals surface area contributed by atoms with Crippen LogP contribution in [0.3, 0.4) is 0 Å². The van der Waals surface area contributed by atoms with E-state index in [2.05, 4.69) is 16.2 Å². The summed E-state index contributed by atoms with van der Waals surface area (Å²) in [7, 11) is 1.64. The van der Waals surface area contributed by atoms with E-state index in [0.717, 1.165) is 34.8 Å². The monoisotopic (exact) mass is 479 g/mol. The van der Waals surface area contributed by atoms with E-state index in [9.17, 15) is 4.79 Å². The number of nitrogens with one attached hydrogen (secondary N) is 3. The summed E-state index contributed by atoms with van der Waals surface area (Å²) in [5.41, 5.74) is 7.95. The van der Waals surface area contributed by atoms with Crippen LogP contribution in [-0.2, 0) is 13.0 Å².